The molecule has 3 unspecified atom stereocenters. The van der Waals surface area contributed by atoms with Gasteiger partial charge in [0.1, 0.15) is 0 Å². The summed E-state index contributed by atoms with van der Waals surface area (Å²) in [6.45, 7) is 7.98. The van der Waals surface area contributed by atoms with Gasteiger partial charge in [0.2, 0.25) is 0 Å². The molecular formula is C11H23NS. The first-order chi connectivity index (χ1) is 6.27. The zero-order valence-electron chi connectivity index (χ0n) is 9.18. The lowest BCUT2D eigenvalue weighted by atomic mass is 10.2. The highest BCUT2D eigenvalue weighted by Gasteiger charge is 2.27. The van der Waals surface area contributed by atoms with E-state index in [4.69, 9.17) is 0 Å². The lowest BCUT2D eigenvalue weighted by Crippen LogP contribution is -2.34. The summed E-state index contributed by atoms with van der Waals surface area (Å²) in [4.78, 5) is 0. The van der Waals surface area contributed by atoms with Crippen LogP contribution in [0.2, 0.25) is 0 Å². The molecule has 0 aromatic rings. The van der Waals surface area contributed by atoms with Crippen molar-refractivity contribution in [3.05, 3.63) is 0 Å². The molecule has 1 aliphatic rings. The highest BCUT2D eigenvalue weighted by atomic mass is 32.2. The van der Waals surface area contributed by atoms with Crippen LogP contribution in [0.25, 0.3) is 0 Å². The van der Waals surface area contributed by atoms with Crippen LogP contribution in [0.1, 0.15) is 46.5 Å². The summed E-state index contributed by atoms with van der Waals surface area (Å²) in [5, 5.41) is 5.32. The fourth-order valence-corrected chi connectivity index (χ4v) is 3.49. The Morgan fingerprint density at radius 3 is 2.77 bits per heavy atom. The van der Waals surface area contributed by atoms with Gasteiger partial charge in [0.25, 0.3) is 0 Å². The number of nitrogens with one attached hydrogen (secondary N) is 1. The molecule has 0 bridgehead atoms. The van der Waals surface area contributed by atoms with Gasteiger partial charge in [0.15, 0.2) is 0 Å². The van der Waals surface area contributed by atoms with Crippen molar-refractivity contribution in [1.29, 1.82) is 0 Å². The fraction of sp³-hybridized carbons (Fsp3) is 1.00. The smallest absolute Gasteiger partial charge is 0.0203 e. The predicted octanol–water partition coefficient (Wildman–Crippen LogP) is 3.05. The average Bonchev–Trinajstić information content (AvgIpc) is 2.54. The Morgan fingerprint density at radius 1 is 1.38 bits per heavy atom. The number of hydrogen-bond donors (Lipinski definition) is 1. The van der Waals surface area contributed by atoms with E-state index in [2.05, 4.69) is 37.8 Å². The van der Waals surface area contributed by atoms with Crippen LogP contribution in [-0.4, -0.2) is 23.1 Å². The molecule has 0 aromatic heterocycles. The molecule has 1 aliphatic carbocycles. The lowest BCUT2D eigenvalue weighted by molar-refractivity contribution is 0.550. The predicted molar refractivity (Wildman–Crippen MR) is 62.4 cm³/mol. The molecule has 0 aromatic carbocycles. The molecule has 1 nitrogen and oxygen atoms in total. The van der Waals surface area contributed by atoms with E-state index < -0.39 is 0 Å². The van der Waals surface area contributed by atoms with Crippen LogP contribution in [0.3, 0.4) is 0 Å². The highest BCUT2D eigenvalue weighted by molar-refractivity contribution is 8.00. The maximum atomic E-state index is 3.60. The summed E-state index contributed by atoms with van der Waals surface area (Å²) in [6.07, 6.45) is 5.54. The molecule has 1 fully saturated rings. The zero-order valence-corrected chi connectivity index (χ0v) is 9.99. The SMILES string of the molecule is CCNC1CCCC1SC(C)CC. The maximum absolute atomic E-state index is 3.60. The number of hydrogen-bond acceptors (Lipinski definition) is 2. The van der Waals surface area contributed by atoms with Gasteiger partial charge in [0, 0.05) is 16.5 Å². The minimum atomic E-state index is 0.795. The third-order valence-electron chi connectivity index (χ3n) is 2.90. The molecule has 1 saturated carbocycles. The summed E-state index contributed by atoms with van der Waals surface area (Å²) < 4.78 is 0. The van der Waals surface area contributed by atoms with E-state index in [0.29, 0.717) is 0 Å². The molecule has 1 N–H and O–H groups in total. The summed E-state index contributed by atoms with van der Waals surface area (Å²) >= 11 is 2.19. The van der Waals surface area contributed by atoms with Crippen molar-refractivity contribution in [3.63, 3.8) is 0 Å². The van der Waals surface area contributed by atoms with E-state index >= 15 is 0 Å². The Labute approximate surface area is 87.1 Å². The van der Waals surface area contributed by atoms with Crippen LogP contribution in [0.5, 0.6) is 0 Å². The maximum Gasteiger partial charge on any atom is 0.0203 e. The van der Waals surface area contributed by atoms with Crippen molar-refractivity contribution < 1.29 is 0 Å². The summed E-state index contributed by atoms with van der Waals surface area (Å²) in [6, 6.07) is 0.795. The second kappa shape index (κ2) is 5.92. The van der Waals surface area contributed by atoms with E-state index in [9.17, 15) is 0 Å². The van der Waals surface area contributed by atoms with Crippen molar-refractivity contribution >= 4 is 11.8 Å². The second-order valence-corrected chi connectivity index (χ2v) is 5.67. The zero-order chi connectivity index (χ0) is 9.68. The van der Waals surface area contributed by atoms with Crippen molar-refractivity contribution in [2.24, 2.45) is 0 Å². The standard InChI is InChI=1S/C11H23NS/c1-4-9(3)13-11-8-6-7-10(11)12-5-2/h9-12H,4-8H2,1-3H3. The first-order valence-electron chi connectivity index (χ1n) is 5.66. The third-order valence-corrected chi connectivity index (χ3v) is 4.61. The van der Waals surface area contributed by atoms with Crippen LogP contribution >= 0.6 is 11.8 Å². The van der Waals surface area contributed by atoms with Crippen molar-refractivity contribution in [3.8, 4) is 0 Å². The van der Waals surface area contributed by atoms with Gasteiger partial charge in [-0.2, -0.15) is 11.8 Å². The van der Waals surface area contributed by atoms with E-state index in [1.807, 2.05) is 0 Å². The van der Waals surface area contributed by atoms with Crippen LogP contribution in [0, 0.1) is 0 Å². The fourth-order valence-electron chi connectivity index (χ4n) is 1.98. The van der Waals surface area contributed by atoms with Crippen LogP contribution in [0.15, 0.2) is 0 Å². The average molecular weight is 201 g/mol. The molecule has 13 heavy (non-hydrogen) atoms. The van der Waals surface area contributed by atoms with Crippen LogP contribution in [-0.2, 0) is 0 Å². The van der Waals surface area contributed by atoms with E-state index in [-0.39, 0.29) is 0 Å². The number of rotatable bonds is 5. The van der Waals surface area contributed by atoms with Gasteiger partial charge >= 0.3 is 0 Å². The topological polar surface area (TPSA) is 12.0 Å². The third kappa shape index (κ3) is 3.51. The summed E-state index contributed by atoms with van der Waals surface area (Å²) in [5.41, 5.74) is 0. The van der Waals surface area contributed by atoms with Crippen LogP contribution < -0.4 is 5.32 Å². The van der Waals surface area contributed by atoms with E-state index in [1.54, 1.807) is 0 Å². The first-order valence-corrected chi connectivity index (χ1v) is 6.61. The van der Waals surface area contributed by atoms with Gasteiger partial charge in [-0.05, 0) is 25.8 Å². The molecule has 0 saturated heterocycles. The Hall–Kier alpha value is 0.310. The Balaban J connectivity index is 2.30. The lowest BCUT2D eigenvalue weighted by Gasteiger charge is -2.22. The molecule has 78 valence electrons. The number of thioether (sulfide) groups is 1. The molecule has 3 atom stereocenters. The van der Waals surface area contributed by atoms with Crippen molar-refractivity contribution in [2.75, 3.05) is 6.54 Å². The summed E-state index contributed by atoms with van der Waals surface area (Å²) in [5.74, 6) is 0. The highest BCUT2D eigenvalue weighted by Crippen LogP contribution is 2.33. The van der Waals surface area contributed by atoms with Gasteiger partial charge in [-0.1, -0.05) is 27.2 Å². The summed E-state index contributed by atoms with van der Waals surface area (Å²) in [7, 11) is 0. The Kier molecular flexibility index (Phi) is 5.18. The quantitative estimate of drug-likeness (QED) is 0.734. The van der Waals surface area contributed by atoms with E-state index in [1.165, 1.54) is 25.7 Å². The molecule has 0 radical (unpaired) electrons. The minimum absolute atomic E-state index is 0.795. The molecule has 2 heteroatoms. The monoisotopic (exact) mass is 201 g/mol. The molecular weight excluding hydrogens is 178 g/mol. The minimum Gasteiger partial charge on any atom is -0.313 e. The van der Waals surface area contributed by atoms with Gasteiger partial charge in [-0.25, -0.2) is 0 Å². The molecule has 1 rings (SSSR count). The van der Waals surface area contributed by atoms with Crippen molar-refractivity contribution in [2.45, 2.75) is 63.0 Å². The van der Waals surface area contributed by atoms with Gasteiger partial charge in [-0.15, -0.1) is 0 Å². The first kappa shape index (κ1) is 11.4. The molecule has 0 heterocycles. The normalized spacial score (nSPS) is 30.7. The van der Waals surface area contributed by atoms with Crippen LogP contribution in [0.4, 0.5) is 0 Å². The Morgan fingerprint density at radius 2 is 2.15 bits per heavy atom. The van der Waals surface area contributed by atoms with Crippen molar-refractivity contribution in [1.82, 2.24) is 5.32 Å². The van der Waals surface area contributed by atoms with Gasteiger partial charge in [-0.3, -0.25) is 0 Å². The van der Waals surface area contributed by atoms with E-state index in [0.717, 1.165) is 23.1 Å². The second-order valence-electron chi connectivity index (χ2n) is 3.99. The molecule has 0 spiro atoms. The van der Waals surface area contributed by atoms with Gasteiger partial charge < -0.3 is 5.32 Å². The van der Waals surface area contributed by atoms with Gasteiger partial charge in [0.05, 0.1) is 0 Å². The largest absolute Gasteiger partial charge is 0.313 e. The molecule has 0 amide bonds. The Bertz CT molecular complexity index is 138. The molecule has 0 aliphatic heterocycles.